The highest BCUT2D eigenvalue weighted by Crippen LogP contribution is 2.20. The van der Waals surface area contributed by atoms with Gasteiger partial charge in [0.2, 0.25) is 0 Å². The molecule has 110 valence electrons. The fourth-order valence-electron chi connectivity index (χ4n) is 2.07. The van der Waals surface area contributed by atoms with E-state index in [-0.39, 0.29) is 17.3 Å². The van der Waals surface area contributed by atoms with Crippen LogP contribution in [-0.4, -0.2) is 20.7 Å². The van der Waals surface area contributed by atoms with Gasteiger partial charge < -0.3 is 5.32 Å². The van der Waals surface area contributed by atoms with Gasteiger partial charge in [-0.15, -0.1) is 0 Å². The Morgan fingerprint density at radius 1 is 1.18 bits per heavy atom. The number of anilines is 1. The number of rotatable bonds is 3. The zero-order chi connectivity index (χ0) is 15.5. The molecule has 22 heavy (non-hydrogen) atoms. The molecule has 0 aliphatic heterocycles. The molecule has 5 nitrogen and oxygen atoms in total. The molecule has 0 unspecified atom stereocenters. The molecule has 0 radical (unpaired) electrons. The van der Waals surface area contributed by atoms with Crippen LogP contribution < -0.4 is 5.32 Å². The lowest BCUT2D eigenvalue weighted by Crippen LogP contribution is -2.16. The van der Waals surface area contributed by atoms with E-state index in [0.717, 1.165) is 0 Å². The highest BCUT2D eigenvalue weighted by atomic mass is 19.1. The lowest BCUT2D eigenvalue weighted by atomic mass is 10.3. The smallest absolute Gasteiger partial charge is 0.275 e. The van der Waals surface area contributed by atoms with Crippen molar-refractivity contribution in [3.05, 3.63) is 71.9 Å². The summed E-state index contributed by atoms with van der Waals surface area (Å²) in [5, 5.41) is 6.94. The van der Waals surface area contributed by atoms with Crippen LogP contribution >= 0.6 is 0 Å². The molecule has 0 spiro atoms. The molecule has 0 fully saturated rings. The molecule has 3 aromatic rings. The molecule has 0 saturated carbocycles. The third kappa shape index (κ3) is 2.71. The molecule has 0 saturated heterocycles. The van der Waals surface area contributed by atoms with Gasteiger partial charge in [-0.3, -0.25) is 9.78 Å². The van der Waals surface area contributed by atoms with Gasteiger partial charge in [0, 0.05) is 12.3 Å². The summed E-state index contributed by atoms with van der Waals surface area (Å²) in [6.07, 6.45) is 1.54. The quantitative estimate of drug-likeness (QED) is 0.808. The Morgan fingerprint density at radius 2 is 1.95 bits per heavy atom. The van der Waals surface area contributed by atoms with Crippen molar-refractivity contribution in [3.63, 3.8) is 0 Å². The van der Waals surface area contributed by atoms with E-state index in [1.165, 1.54) is 16.9 Å². The Balaban J connectivity index is 1.96. The van der Waals surface area contributed by atoms with E-state index in [2.05, 4.69) is 15.4 Å². The minimum Gasteiger partial charge on any atom is -0.305 e. The second-order valence-corrected chi connectivity index (χ2v) is 4.70. The predicted molar refractivity (Wildman–Crippen MR) is 80.4 cm³/mol. The average molecular weight is 296 g/mol. The maximum absolute atomic E-state index is 13.9. The number of benzene rings is 1. The van der Waals surface area contributed by atoms with Crippen molar-refractivity contribution in [2.75, 3.05) is 5.32 Å². The van der Waals surface area contributed by atoms with Crippen molar-refractivity contribution in [1.82, 2.24) is 14.8 Å². The molecule has 0 aliphatic carbocycles. The van der Waals surface area contributed by atoms with Crippen LogP contribution in [0.2, 0.25) is 0 Å². The molecule has 2 aromatic heterocycles. The molecule has 3 rings (SSSR count). The Labute approximate surface area is 126 Å². The Kier molecular flexibility index (Phi) is 3.65. The summed E-state index contributed by atoms with van der Waals surface area (Å²) < 4.78 is 15.3. The number of hydrogen-bond acceptors (Lipinski definition) is 3. The van der Waals surface area contributed by atoms with Gasteiger partial charge in [0.15, 0.2) is 0 Å². The van der Waals surface area contributed by atoms with Gasteiger partial charge in [0.1, 0.15) is 23.0 Å². The number of para-hydroxylation sites is 1. The van der Waals surface area contributed by atoms with Crippen LogP contribution in [0.4, 0.5) is 10.2 Å². The number of aryl methyl sites for hydroxylation is 1. The first kappa shape index (κ1) is 13.9. The molecule has 1 N–H and O–H groups in total. The van der Waals surface area contributed by atoms with Crippen LogP contribution in [0.5, 0.6) is 0 Å². The van der Waals surface area contributed by atoms with Crippen LogP contribution in [0.25, 0.3) is 5.69 Å². The standard InChI is InChI=1S/C16H13FN4O/c1-11-10-15(19-16(22)13-7-4-5-9-18-13)21(20-11)14-8-3-2-6-12(14)17/h2-10H,1H3,(H,19,22). The van der Waals surface area contributed by atoms with Gasteiger partial charge in [-0.25, -0.2) is 9.07 Å². The Bertz CT molecular complexity index is 814. The van der Waals surface area contributed by atoms with Gasteiger partial charge in [0.25, 0.3) is 5.91 Å². The van der Waals surface area contributed by atoms with E-state index in [4.69, 9.17) is 0 Å². The third-order valence-electron chi connectivity index (χ3n) is 3.05. The molecule has 2 heterocycles. The molecule has 0 atom stereocenters. The largest absolute Gasteiger partial charge is 0.305 e. The fourth-order valence-corrected chi connectivity index (χ4v) is 2.07. The van der Waals surface area contributed by atoms with Gasteiger partial charge in [-0.05, 0) is 31.2 Å². The SMILES string of the molecule is Cc1cc(NC(=O)c2ccccn2)n(-c2ccccc2F)n1. The molecule has 1 amide bonds. The Morgan fingerprint density at radius 3 is 2.68 bits per heavy atom. The molecule has 1 aromatic carbocycles. The van der Waals surface area contributed by atoms with Crippen molar-refractivity contribution in [2.24, 2.45) is 0 Å². The molecular weight excluding hydrogens is 283 g/mol. The molecule has 6 heteroatoms. The number of carbonyl (C=O) groups is 1. The van der Waals surface area contributed by atoms with Crippen molar-refractivity contribution < 1.29 is 9.18 Å². The van der Waals surface area contributed by atoms with Gasteiger partial charge in [-0.1, -0.05) is 18.2 Å². The topological polar surface area (TPSA) is 59.8 Å². The predicted octanol–water partition coefficient (Wildman–Crippen LogP) is 2.97. The summed E-state index contributed by atoms with van der Waals surface area (Å²) in [6, 6.07) is 13.0. The summed E-state index contributed by atoms with van der Waals surface area (Å²) in [7, 11) is 0. The average Bonchev–Trinajstić information content (AvgIpc) is 2.89. The fraction of sp³-hybridized carbons (Fsp3) is 0.0625. The second-order valence-electron chi connectivity index (χ2n) is 4.70. The van der Waals surface area contributed by atoms with Crippen LogP contribution in [0, 0.1) is 12.7 Å². The minimum absolute atomic E-state index is 0.270. The third-order valence-corrected chi connectivity index (χ3v) is 3.05. The normalized spacial score (nSPS) is 10.5. The summed E-state index contributed by atoms with van der Waals surface area (Å²) in [4.78, 5) is 16.2. The highest BCUT2D eigenvalue weighted by Gasteiger charge is 2.14. The number of nitrogens with zero attached hydrogens (tertiary/aromatic N) is 3. The number of nitrogens with one attached hydrogen (secondary N) is 1. The lowest BCUT2D eigenvalue weighted by molar-refractivity contribution is 0.102. The van der Waals surface area contributed by atoms with Crippen LogP contribution in [0.3, 0.4) is 0 Å². The van der Waals surface area contributed by atoms with E-state index in [1.54, 1.807) is 49.4 Å². The van der Waals surface area contributed by atoms with Crippen molar-refractivity contribution in [1.29, 1.82) is 0 Å². The van der Waals surface area contributed by atoms with E-state index in [1.807, 2.05) is 0 Å². The number of pyridine rings is 1. The van der Waals surface area contributed by atoms with E-state index < -0.39 is 5.82 Å². The van der Waals surface area contributed by atoms with Crippen molar-refractivity contribution in [3.8, 4) is 5.69 Å². The summed E-state index contributed by atoms with van der Waals surface area (Å²) in [5.74, 6) is -0.407. The second kappa shape index (κ2) is 5.77. The highest BCUT2D eigenvalue weighted by molar-refractivity contribution is 6.02. The molecule has 0 bridgehead atoms. The van der Waals surface area contributed by atoms with Crippen LogP contribution in [-0.2, 0) is 0 Å². The number of hydrogen-bond donors (Lipinski definition) is 1. The minimum atomic E-state index is -0.418. The van der Waals surface area contributed by atoms with Gasteiger partial charge in [-0.2, -0.15) is 5.10 Å². The van der Waals surface area contributed by atoms with E-state index in [0.29, 0.717) is 11.5 Å². The van der Waals surface area contributed by atoms with Crippen molar-refractivity contribution >= 4 is 11.7 Å². The monoisotopic (exact) mass is 296 g/mol. The molecular formula is C16H13FN4O. The van der Waals surface area contributed by atoms with Gasteiger partial charge in [0.05, 0.1) is 5.69 Å². The first-order valence-electron chi connectivity index (χ1n) is 6.69. The van der Waals surface area contributed by atoms with Crippen LogP contribution in [0.1, 0.15) is 16.2 Å². The van der Waals surface area contributed by atoms with E-state index >= 15 is 0 Å². The number of carbonyl (C=O) groups excluding carboxylic acids is 1. The lowest BCUT2D eigenvalue weighted by Gasteiger charge is -2.09. The zero-order valence-electron chi connectivity index (χ0n) is 11.8. The number of aromatic nitrogens is 3. The number of halogens is 1. The maximum atomic E-state index is 13.9. The zero-order valence-corrected chi connectivity index (χ0v) is 11.8. The summed E-state index contributed by atoms with van der Waals surface area (Å²) >= 11 is 0. The van der Waals surface area contributed by atoms with E-state index in [9.17, 15) is 9.18 Å². The maximum Gasteiger partial charge on any atom is 0.275 e. The summed E-state index contributed by atoms with van der Waals surface area (Å²) in [5.41, 5.74) is 1.22. The Hall–Kier alpha value is -3.02. The molecule has 0 aliphatic rings. The number of amides is 1. The first-order valence-corrected chi connectivity index (χ1v) is 6.69. The first-order chi connectivity index (χ1) is 10.6. The summed E-state index contributed by atoms with van der Waals surface area (Å²) in [6.45, 7) is 1.77. The van der Waals surface area contributed by atoms with Gasteiger partial charge >= 0.3 is 0 Å². The van der Waals surface area contributed by atoms with Crippen molar-refractivity contribution in [2.45, 2.75) is 6.92 Å². The van der Waals surface area contributed by atoms with Crippen LogP contribution in [0.15, 0.2) is 54.7 Å².